The van der Waals surface area contributed by atoms with Crippen molar-refractivity contribution in [1.29, 1.82) is 0 Å². The Hall–Kier alpha value is -3.67. The lowest BCUT2D eigenvalue weighted by Crippen LogP contribution is -2.27. The Morgan fingerprint density at radius 1 is 1.10 bits per heavy atom. The van der Waals surface area contributed by atoms with Crippen LogP contribution in [0.2, 0.25) is 0 Å². The van der Waals surface area contributed by atoms with Crippen LogP contribution in [-0.2, 0) is 7.05 Å². The second-order valence-corrected chi connectivity index (χ2v) is 7.30. The average Bonchev–Trinajstić information content (AvgIpc) is 3.07. The molecule has 1 unspecified atom stereocenters. The summed E-state index contributed by atoms with van der Waals surface area (Å²) in [6.07, 6.45) is 0. The van der Waals surface area contributed by atoms with Gasteiger partial charge in [-0.25, -0.2) is 4.98 Å². The summed E-state index contributed by atoms with van der Waals surface area (Å²) >= 11 is 0. The van der Waals surface area contributed by atoms with Crippen molar-refractivity contribution in [3.05, 3.63) is 77.5 Å². The lowest BCUT2D eigenvalue weighted by atomic mass is 10.0. The second-order valence-electron chi connectivity index (χ2n) is 7.30. The molecule has 0 bridgehead atoms. The second kappa shape index (κ2) is 7.99. The molecule has 2 aromatic carbocycles. The van der Waals surface area contributed by atoms with Crippen LogP contribution in [0, 0.1) is 6.92 Å². The molecule has 6 nitrogen and oxygen atoms in total. The SMILES string of the molecule is COc1cccc(-c2cc(C(=O)NC(C)c3ccccc3)c3c(C)nn(C)c3n2)c1. The third-order valence-electron chi connectivity index (χ3n) is 5.23. The average molecular weight is 400 g/mol. The number of carbonyl (C=O) groups excluding carboxylic acids is 1. The monoisotopic (exact) mass is 400 g/mol. The van der Waals surface area contributed by atoms with E-state index in [1.807, 2.05) is 81.6 Å². The minimum atomic E-state index is -0.154. The molecule has 0 aliphatic rings. The molecule has 0 aliphatic heterocycles. The van der Waals surface area contributed by atoms with Crippen LogP contribution in [-0.4, -0.2) is 27.8 Å². The lowest BCUT2D eigenvalue weighted by Gasteiger charge is -2.15. The molecule has 1 atom stereocenters. The van der Waals surface area contributed by atoms with Gasteiger partial charge < -0.3 is 10.1 Å². The third kappa shape index (κ3) is 3.64. The van der Waals surface area contributed by atoms with Crippen molar-refractivity contribution >= 4 is 16.9 Å². The van der Waals surface area contributed by atoms with E-state index in [1.54, 1.807) is 11.8 Å². The lowest BCUT2D eigenvalue weighted by molar-refractivity contribution is 0.0941. The summed E-state index contributed by atoms with van der Waals surface area (Å²) in [7, 11) is 3.47. The minimum Gasteiger partial charge on any atom is -0.497 e. The topological polar surface area (TPSA) is 69.0 Å². The maximum Gasteiger partial charge on any atom is 0.252 e. The molecule has 4 rings (SSSR count). The van der Waals surface area contributed by atoms with Crippen molar-refractivity contribution in [2.75, 3.05) is 7.11 Å². The molecule has 0 saturated carbocycles. The van der Waals surface area contributed by atoms with Crippen LogP contribution in [0.25, 0.3) is 22.3 Å². The Balaban J connectivity index is 1.80. The maximum atomic E-state index is 13.3. The Morgan fingerprint density at radius 2 is 1.87 bits per heavy atom. The van der Waals surface area contributed by atoms with E-state index in [4.69, 9.17) is 9.72 Å². The zero-order valence-corrected chi connectivity index (χ0v) is 17.5. The van der Waals surface area contributed by atoms with Gasteiger partial charge in [-0.05, 0) is 37.6 Å². The van der Waals surface area contributed by atoms with Crippen LogP contribution in [0.4, 0.5) is 0 Å². The fraction of sp³-hybridized carbons (Fsp3) is 0.208. The Kier molecular flexibility index (Phi) is 5.23. The van der Waals surface area contributed by atoms with Crippen molar-refractivity contribution < 1.29 is 9.53 Å². The Labute approximate surface area is 175 Å². The first-order valence-electron chi connectivity index (χ1n) is 9.82. The molecule has 4 aromatic rings. The molecule has 1 N–H and O–H groups in total. The van der Waals surface area contributed by atoms with Crippen molar-refractivity contribution in [3.63, 3.8) is 0 Å². The zero-order valence-electron chi connectivity index (χ0n) is 17.5. The largest absolute Gasteiger partial charge is 0.497 e. The number of benzene rings is 2. The van der Waals surface area contributed by atoms with Gasteiger partial charge in [-0.15, -0.1) is 0 Å². The molecule has 0 aliphatic carbocycles. The van der Waals surface area contributed by atoms with Gasteiger partial charge in [0.25, 0.3) is 5.91 Å². The van der Waals surface area contributed by atoms with Gasteiger partial charge in [0.05, 0.1) is 35.5 Å². The van der Waals surface area contributed by atoms with Gasteiger partial charge in [-0.3, -0.25) is 9.48 Å². The highest BCUT2D eigenvalue weighted by Crippen LogP contribution is 2.29. The fourth-order valence-electron chi connectivity index (χ4n) is 3.65. The van der Waals surface area contributed by atoms with Gasteiger partial charge in [-0.1, -0.05) is 42.5 Å². The molecule has 2 aromatic heterocycles. The summed E-state index contributed by atoms with van der Waals surface area (Å²) in [4.78, 5) is 18.1. The number of aromatic nitrogens is 3. The summed E-state index contributed by atoms with van der Waals surface area (Å²) in [6.45, 7) is 3.87. The molecule has 30 heavy (non-hydrogen) atoms. The van der Waals surface area contributed by atoms with E-state index in [0.717, 1.165) is 28.0 Å². The van der Waals surface area contributed by atoms with E-state index in [-0.39, 0.29) is 11.9 Å². The number of nitrogens with zero attached hydrogens (tertiary/aromatic N) is 3. The smallest absolute Gasteiger partial charge is 0.252 e. The summed E-state index contributed by atoms with van der Waals surface area (Å²) in [5.41, 5.74) is 4.63. The highest BCUT2D eigenvalue weighted by atomic mass is 16.5. The molecular formula is C24H24N4O2. The number of ether oxygens (including phenoxy) is 1. The van der Waals surface area contributed by atoms with Crippen molar-refractivity contribution in [1.82, 2.24) is 20.1 Å². The molecule has 0 spiro atoms. The van der Waals surface area contributed by atoms with E-state index in [0.29, 0.717) is 16.9 Å². The number of carbonyl (C=O) groups is 1. The fourth-order valence-corrected chi connectivity index (χ4v) is 3.65. The van der Waals surface area contributed by atoms with Crippen LogP contribution in [0.1, 0.15) is 34.6 Å². The van der Waals surface area contributed by atoms with Gasteiger partial charge >= 0.3 is 0 Å². The van der Waals surface area contributed by atoms with Crippen LogP contribution < -0.4 is 10.1 Å². The van der Waals surface area contributed by atoms with Gasteiger partial charge in [-0.2, -0.15) is 5.10 Å². The molecule has 152 valence electrons. The number of hydrogen-bond donors (Lipinski definition) is 1. The molecule has 0 saturated heterocycles. The third-order valence-corrected chi connectivity index (χ3v) is 5.23. The summed E-state index contributed by atoms with van der Waals surface area (Å²) in [5.74, 6) is 0.582. The number of nitrogens with one attached hydrogen (secondary N) is 1. The number of aryl methyl sites for hydroxylation is 2. The Morgan fingerprint density at radius 3 is 2.60 bits per heavy atom. The molecular weight excluding hydrogens is 376 g/mol. The van der Waals surface area contributed by atoms with Crippen molar-refractivity contribution in [2.24, 2.45) is 7.05 Å². The highest BCUT2D eigenvalue weighted by Gasteiger charge is 2.21. The molecule has 1 amide bonds. The van der Waals surface area contributed by atoms with E-state index < -0.39 is 0 Å². The first-order chi connectivity index (χ1) is 14.5. The Bertz CT molecular complexity index is 1210. The number of rotatable bonds is 5. The van der Waals surface area contributed by atoms with Gasteiger partial charge in [0.2, 0.25) is 0 Å². The molecule has 2 heterocycles. The van der Waals surface area contributed by atoms with Gasteiger partial charge in [0.15, 0.2) is 5.65 Å². The van der Waals surface area contributed by atoms with Crippen LogP contribution >= 0.6 is 0 Å². The van der Waals surface area contributed by atoms with Crippen molar-refractivity contribution in [3.8, 4) is 17.0 Å². The van der Waals surface area contributed by atoms with E-state index in [2.05, 4.69) is 10.4 Å². The predicted octanol–water partition coefficient (Wildman–Crippen LogP) is 4.44. The minimum absolute atomic E-state index is 0.126. The van der Waals surface area contributed by atoms with Gasteiger partial charge in [0.1, 0.15) is 5.75 Å². The van der Waals surface area contributed by atoms with E-state index in [1.165, 1.54) is 0 Å². The number of hydrogen-bond acceptors (Lipinski definition) is 4. The summed E-state index contributed by atoms with van der Waals surface area (Å²) in [6, 6.07) is 19.3. The number of fused-ring (bicyclic) bond motifs is 1. The number of pyridine rings is 1. The van der Waals surface area contributed by atoms with E-state index in [9.17, 15) is 4.79 Å². The zero-order chi connectivity index (χ0) is 21.3. The van der Waals surface area contributed by atoms with Gasteiger partial charge in [0, 0.05) is 12.6 Å². The van der Waals surface area contributed by atoms with Crippen molar-refractivity contribution in [2.45, 2.75) is 19.9 Å². The van der Waals surface area contributed by atoms with Crippen LogP contribution in [0.3, 0.4) is 0 Å². The summed E-state index contributed by atoms with van der Waals surface area (Å²) < 4.78 is 7.06. The standard InChI is InChI=1S/C24H24N4O2/c1-15(17-9-6-5-7-10-17)25-24(29)20-14-21(18-11-8-12-19(13-18)30-4)26-23-22(20)16(2)27-28(23)3/h5-15H,1-4H3,(H,25,29). The predicted molar refractivity (Wildman–Crippen MR) is 118 cm³/mol. The number of methoxy groups -OCH3 is 1. The molecule has 0 fully saturated rings. The highest BCUT2D eigenvalue weighted by molar-refractivity contribution is 6.07. The normalized spacial score (nSPS) is 12.0. The quantitative estimate of drug-likeness (QED) is 0.538. The first kappa shape index (κ1) is 19.6. The van der Waals surface area contributed by atoms with Crippen LogP contribution in [0.5, 0.6) is 5.75 Å². The van der Waals surface area contributed by atoms with Crippen LogP contribution in [0.15, 0.2) is 60.7 Å². The molecule has 0 radical (unpaired) electrons. The number of amides is 1. The first-order valence-corrected chi connectivity index (χ1v) is 9.82. The molecule has 6 heteroatoms. The summed E-state index contributed by atoms with van der Waals surface area (Å²) in [5, 5.41) is 8.37. The maximum absolute atomic E-state index is 13.3. The van der Waals surface area contributed by atoms with E-state index >= 15 is 0 Å².